The molecule has 3 rings (SSSR count). The monoisotopic (exact) mass is 388 g/mol. The third-order valence-corrected chi connectivity index (χ3v) is 3.95. The van der Waals surface area contributed by atoms with Gasteiger partial charge in [-0.15, -0.1) is 11.3 Å². The number of carbonyl (C=O) groups is 1. The fourth-order valence-corrected chi connectivity index (χ4v) is 2.78. The number of carbonyl (C=O) groups excluding carboxylic acids is 1. The fraction of sp³-hybridized carbons (Fsp3) is 0.133. The molecule has 0 aliphatic heterocycles. The van der Waals surface area contributed by atoms with Gasteiger partial charge in [-0.2, -0.15) is 18.3 Å². The summed E-state index contributed by atoms with van der Waals surface area (Å²) in [5.74, 6) is -1.98. The molecular formula is C15H9F5N4OS. The summed E-state index contributed by atoms with van der Waals surface area (Å²) in [4.78, 5) is 15.9. The van der Waals surface area contributed by atoms with E-state index in [4.69, 9.17) is 0 Å². The molecule has 1 aromatic carbocycles. The SMILES string of the molecule is O=C(Cn1ccc(C(F)(F)F)n1)Nc1nc(-c2cc(F)ccc2F)cs1. The normalized spacial score (nSPS) is 11.6. The topological polar surface area (TPSA) is 59.8 Å². The molecule has 3 aromatic rings. The van der Waals surface area contributed by atoms with Crippen LogP contribution in [0.4, 0.5) is 27.1 Å². The Labute approximate surface area is 147 Å². The van der Waals surface area contributed by atoms with Crippen LogP contribution in [-0.4, -0.2) is 20.7 Å². The van der Waals surface area contributed by atoms with Gasteiger partial charge < -0.3 is 5.32 Å². The number of aromatic nitrogens is 3. The van der Waals surface area contributed by atoms with Gasteiger partial charge in [-0.1, -0.05) is 0 Å². The second-order valence-electron chi connectivity index (χ2n) is 5.11. The van der Waals surface area contributed by atoms with Crippen LogP contribution in [0.3, 0.4) is 0 Å². The van der Waals surface area contributed by atoms with Crippen LogP contribution in [0.25, 0.3) is 11.3 Å². The Morgan fingerprint density at radius 3 is 2.69 bits per heavy atom. The maximum atomic E-state index is 13.7. The lowest BCUT2D eigenvalue weighted by atomic mass is 10.1. The van der Waals surface area contributed by atoms with Crippen LogP contribution in [-0.2, 0) is 17.5 Å². The number of rotatable bonds is 4. The molecule has 136 valence electrons. The summed E-state index contributed by atoms with van der Waals surface area (Å²) in [5.41, 5.74) is -1.05. The molecular weight excluding hydrogens is 379 g/mol. The van der Waals surface area contributed by atoms with E-state index in [1.165, 1.54) is 5.38 Å². The maximum absolute atomic E-state index is 13.7. The number of anilines is 1. The molecule has 0 aliphatic carbocycles. The predicted octanol–water partition coefficient (Wildman–Crippen LogP) is 3.94. The Balaban J connectivity index is 1.68. The first-order valence-corrected chi connectivity index (χ1v) is 7.92. The molecule has 2 heterocycles. The van der Waals surface area contributed by atoms with E-state index in [2.05, 4.69) is 15.4 Å². The average Bonchev–Trinajstić information content (AvgIpc) is 3.19. The van der Waals surface area contributed by atoms with Crippen molar-refractivity contribution in [2.24, 2.45) is 0 Å². The lowest BCUT2D eigenvalue weighted by Gasteiger charge is -2.03. The highest BCUT2D eigenvalue weighted by Gasteiger charge is 2.33. The summed E-state index contributed by atoms with van der Waals surface area (Å²) in [6.45, 7) is -0.459. The highest BCUT2D eigenvalue weighted by Crippen LogP contribution is 2.28. The zero-order chi connectivity index (χ0) is 18.9. The van der Waals surface area contributed by atoms with Crippen molar-refractivity contribution >= 4 is 22.4 Å². The van der Waals surface area contributed by atoms with Crippen LogP contribution in [0, 0.1) is 11.6 Å². The number of halogens is 5. The molecule has 0 radical (unpaired) electrons. The minimum atomic E-state index is -4.60. The Hall–Kier alpha value is -2.82. The Kier molecular flexibility index (Phi) is 4.72. The summed E-state index contributed by atoms with van der Waals surface area (Å²) >= 11 is 0.965. The van der Waals surface area contributed by atoms with E-state index < -0.39 is 36.0 Å². The van der Waals surface area contributed by atoms with Crippen LogP contribution in [0.5, 0.6) is 0 Å². The lowest BCUT2D eigenvalue weighted by Crippen LogP contribution is -2.19. The van der Waals surface area contributed by atoms with Crippen molar-refractivity contribution < 1.29 is 26.7 Å². The minimum Gasteiger partial charge on any atom is -0.300 e. The molecule has 1 amide bonds. The van der Waals surface area contributed by atoms with Gasteiger partial charge in [0, 0.05) is 17.1 Å². The van der Waals surface area contributed by atoms with Gasteiger partial charge in [0.15, 0.2) is 10.8 Å². The molecule has 5 nitrogen and oxygen atoms in total. The van der Waals surface area contributed by atoms with E-state index in [1.54, 1.807) is 0 Å². The number of nitrogens with one attached hydrogen (secondary N) is 1. The van der Waals surface area contributed by atoms with Crippen LogP contribution in [0.2, 0.25) is 0 Å². The molecule has 2 aromatic heterocycles. The van der Waals surface area contributed by atoms with Gasteiger partial charge in [-0.3, -0.25) is 9.48 Å². The molecule has 0 unspecified atom stereocenters. The number of thiazole rings is 1. The maximum Gasteiger partial charge on any atom is 0.435 e. The van der Waals surface area contributed by atoms with Gasteiger partial charge in [0.05, 0.1) is 5.69 Å². The first kappa shape index (κ1) is 18.0. The Morgan fingerprint density at radius 2 is 2.00 bits per heavy atom. The van der Waals surface area contributed by atoms with Gasteiger partial charge in [0.1, 0.15) is 18.2 Å². The Morgan fingerprint density at radius 1 is 1.23 bits per heavy atom. The van der Waals surface area contributed by atoms with Crippen molar-refractivity contribution in [2.75, 3.05) is 5.32 Å². The van der Waals surface area contributed by atoms with Crippen LogP contribution in [0.1, 0.15) is 5.69 Å². The minimum absolute atomic E-state index is 0.0661. The van der Waals surface area contributed by atoms with Gasteiger partial charge in [-0.25, -0.2) is 13.8 Å². The van der Waals surface area contributed by atoms with E-state index in [0.717, 1.165) is 46.5 Å². The molecule has 26 heavy (non-hydrogen) atoms. The molecule has 1 N–H and O–H groups in total. The van der Waals surface area contributed by atoms with E-state index in [0.29, 0.717) is 0 Å². The molecule has 0 saturated heterocycles. The number of benzene rings is 1. The summed E-state index contributed by atoms with van der Waals surface area (Å²) in [6, 6.07) is 3.64. The van der Waals surface area contributed by atoms with Gasteiger partial charge in [0.25, 0.3) is 0 Å². The average molecular weight is 388 g/mol. The van der Waals surface area contributed by atoms with Gasteiger partial charge in [-0.05, 0) is 24.3 Å². The summed E-state index contributed by atoms with van der Waals surface area (Å²) in [5, 5.41) is 7.15. The number of amides is 1. The molecule has 11 heteroatoms. The van der Waals surface area contributed by atoms with Crippen molar-refractivity contribution in [3.63, 3.8) is 0 Å². The van der Waals surface area contributed by atoms with Crippen LogP contribution < -0.4 is 5.32 Å². The second-order valence-corrected chi connectivity index (χ2v) is 5.96. The predicted molar refractivity (Wildman–Crippen MR) is 83.3 cm³/mol. The Bertz CT molecular complexity index is 950. The lowest BCUT2D eigenvalue weighted by molar-refractivity contribution is -0.141. The molecule has 0 atom stereocenters. The highest BCUT2D eigenvalue weighted by atomic mass is 32.1. The third-order valence-electron chi connectivity index (χ3n) is 3.19. The molecule has 0 saturated carbocycles. The van der Waals surface area contributed by atoms with Crippen molar-refractivity contribution in [3.8, 4) is 11.3 Å². The zero-order valence-electron chi connectivity index (χ0n) is 12.7. The van der Waals surface area contributed by atoms with Gasteiger partial charge >= 0.3 is 6.18 Å². The van der Waals surface area contributed by atoms with Gasteiger partial charge in [0.2, 0.25) is 5.91 Å². The van der Waals surface area contributed by atoms with Crippen molar-refractivity contribution in [1.29, 1.82) is 0 Å². The molecule has 0 bridgehead atoms. The number of alkyl halides is 3. The molecule has 0 aliphatic rings. The van der Waals surface area contributed by atoms with E-state index in [1.807, 2.05) is 0 Å². The first-order chi connectivity index (χ1) is 12.2. The van der Waals surface area contributed by atoms with Crippen LogP contribution in [0.15, 0.2) is 35.8 Å². The molecule has 0 fully saturated rings. The van der Waals surface area contributed by atoms with E-state index in [9.17, 15) is 26.7 Å². The largest absolute Gasteiger partial charge is 0.435 e. The van der Waals surface area contributed by atoms with E-state index in [-0.39, 0.29) is 16.4 Å². The van der Waals surface area contributed by atoms with Crippen molar-refractivity contribution in [3.05, 3.63) is 53.2 Å². The molecule has 0 spiro atoms. The second kappa shape index (κ2) is 6.83. The van der Waals surface area contributed by atoms with Crippen LogP contribution >= 0.6 is 11.3 Å². The summed E-state index contributed by atoms with van der Waals surface area (Å²) < 4.78 is 65.2. The smallest absolute Gasteiger partial charge is 0.300 e. The summed E-state index contributed by atoms with van der Waals surface area (Å²) in [7, 11) is 0. The zero-order valence-corrected chi connectivity index (χ0v) is 13.5. The third kappa shape index (κ3) is 4.04. The van der Waals surface area contributed by atoms with Crippen molar-refractivity contribution in [2.45, 2.75) is 12.7 Å². The first-order valence-electron chi connectivity index (χ1n) is 7.04. The van der Waals surface area contributed by atoms with E-state index >= 15 is 0 Å². The van der Waals surface area contributed by atoms with Crippen molar-refractivity contribution in [1.82, 2.24) is 14.8 Å². The number of nitrogens with zero attached hydrogens (tertiary/aromatic N) is 3. The number of hydrogen-bond donors (Lipinski definition) is 1. The highest BCUT2D eigenvalue weighted by molar-refractivity contribution is 7.14. The number of hydrogen-bond acceptors (Lipinski definition) is 4. The fourth-order valence-electron chi connectivity index (χ4n) is 2.06. The summed E-state index contributed by atoms with van der Waals surface area (Å²) in [6.07, 6.45) is -3.57. The standard InChI is InChI=1S/C15H9F5N4OS/c16-8-1-2-10(17)9(5-8)11-7-26-14(21-11)22-13(25)6-24-4-3-12(23-24)15(18,19)20/h1-5,7H,6H2,(H,21,22,25). The quantitative estimate of drug-likeness (QED) is 0.689.